The fourth-order valence-electron chi connectivity index (χ4n) is 3.49. The van der Waals surface area contributed by atoms with Crippen molar-refractivity contribution in [2.75, 3.05) is 10.6 Å². The molecule has 0 radical (unpaired) electrons. The van der Waals surface area contributed by atoms with Crippen molar-refractivity contribution in [3.8, 4) is 17.5 Å². The predicted octanol–water partition coefficient (Wildman–Crippen LogP) is 3.05. The van der Waals surface area contributed by atoms with Crippen LogP contribution in [0.2, 0.25) is 5.15 Å². The molecule has 0 bridgehead atoms. The highest BCUT2D eigenvalue weighted by molar-refractivity contribution is 6.30. The van der Waals surface area contributed by atoms with E-state index < -0.39 is 23.5 Å². The third kappa shape index (κ3) is 4.80. The third-order valence-corrected chi connectivity index (χ3v) is 5.78. The van der Waals surface area contributed by atoms with Crippen LogP contribution in [-0.2, 0) is 21.4 Å². The summed E-state index contributed by atoms with van der Waals surface area (Å²) in [7, 11) is 1.59. The van der Waals surface area contributed by atoms with Gasteiger partial charge in [-0.3, -0.25) is 19.9 Å². The number of ketones is 1. The van der Waals surface area contributed by atoms with E-state index in [0.717, 1.165) is 0 Å². The van der Waals surface area contributed by atoms with Gasteiger partial charge in [-0.05, 0) is 25.1 Å². The van der Waals surface area contributed by atoms with E-state index in [2.05, 4.69) is 30.9 Å². The maximum Gasteiger partial charge on any atom is 0.413 e. The van der Waals surface area contributed by atoms with Gasteiger partial charge in [-0.1, -0.05) is 22.9 Å². The van der Waals surface area contributed by atoms with E-state index >= 15 is 0 Å². The molecule has 0 aliphatic heterocycles. The molecule has 0 saturated heterocycles. The number of pyridine rings is 2. The van der Waals surface area contributed by atoms with Crippen molar-refractivity contribution >= 4 is 40.9 Å². The minimum absolute atomic E-state index is 0.100. The standard InChI is InChI=1S/C22H19ClN8O4/c1-12(15-4-3-7-25-18(15)23)35-21(34)28-19-17(29-30-31(19)2)16-6-5-13(10-26-16)27-20(33)22(11-24)8-14(32)9-22/h3-7,10,12H,8-9H2,1-2H3,(H,27,33)(H,28,34)/t12-/m1/s1. The number of ether oxygens (including phenoxy) is 1. The van der Waals surface area contributed by atoms with Crippen molar-refractivity contribution in [2.24, 2.45) is 12.5 Å². The van der Waals surface area contributed by atoms with Gasteiger partial charge in [0.05, 0.1) is 23.6 Å². The quantitative estimate of drug-likeness (QED) is 0.489. The summed E-state index contributed by atoms with van der Waals surface area (Å²) in [5, 5.41) is 22.7. The van der Waals surface area contributed by atoms with E-state index in [-0.39, 0.29) is 35.3 Å². The lowest BCUT2D eigenvalue weighted by atomic mass is 9.68. The van der Waals surface area contributed by atoms with Crippen LogP contribution in [0.4, 0.5) is 16.3 Å². The molecular formula is C22H19ClN8O4. The molecule has 1 aliphatic rings. The van der Waals surface area contributed by atoms with Crippen LogP contribution in [0, 0.1) is 16.7 Å². The summed E-state index contributed by atoms with van der Waals surface area (Å²) in [5.74, 6) is -0.448. The zero-order chi connectivity index (χ0) is 25.2. The Kier molecular flexibility index (Phi) is 6.44. The van der Waals surface area contributed by atoms with Crippen LogP contribution in [0.3, 0.4) is 0 Å². The predicted molar refractivity (Wildman–Crippen MR) is 123 cm³/mol. The van der Waals surface area contributed by atoms with Gasteiger partial charge in [0.1, 0.15) is 22.5 Å². The molecule has 1 atom stereocenters. The molecule has 178 valence electrons. The van der Waals surface area contributed by atoms with Crippen molar-refractivity contribution in [1.82, 2.24) is 25.0 Å². The van der Waals surface area contributed by atoms with Crippen LogP contribution in [0.5, 0.6) is 0 Å². The Morgan fingerprint density at radius 1 is 1.26 bits per heavy atom. The van der Waals surface area contributed by atoms with Gasteiger partial charge in [0, 0.05) is 31.6 Å². The number of aryl methyl sites for hydroxylation is 1. The molecule has 1 aliphatic carbocycles. The van der Waals surface area contributed by atoms with Gasteiger partial charge in [0.25, 0.3) is 0 Å². The Balaban J connectivity index is 1.45. The average molecular weight is 495 g/mol. The summed E-state index contributed by atoms with van der Waals surface area (Å²) < 4.78 is 6.75. The van der Waals surface area contributed by atoms with E-state index in [1.807, 2.05) is 6.07 Å². The number of Topliss-reactive ketones (excluding diaryl/α,β-unsaturated/α-hetero) is 1. The fourth-order valence-corrected chi connectivity index (χ4v) is 3.77. The van der Waals surface area contributed by atoms with Gasteiger partial charge in [0.15, 0.2) is 11.5 Å². The highest BCUT2D eigenvalue weighted by Gasteiger charge is 2.50. The van der Waals surface area contributed by atoms with E-state index in [9.17, 15) is 19.6 Å². The van der Waals surface area contributed by atoms with Crippen molar-refractivity contribution in [3.63, 3.8) is 0 Å². The number of nitrogens with one attached hydrogen (secondary N) is 2. The Morgan fingerprint density at radius 2 is 2.03 bits per heavy atom. The lowest BCUT2D eigenvalue weighted by molar-refractivity contribution is -0.139. The maximum atomic E-state index is 12.5. The second-order valence-corrected chi connectivity index (χ2v) is 8.30. The summed E-state index contributed by atoms with van der Waals surface area (Å²) in [6, 6.07) is 8.44. The molecular weight excluding hydrogens is 476 g/mol. The number of anilines is 2. The van der Waals surface area contributed by atoms with Gasteiger partial charge >= 0.3 is 6.09 Å². The topological polar surface area (TPSA) is 165 Å². The van der Waals surface area contributed by atoms with Crippen LogP contribution in [0.25, 0.3) is 11.4 Å². The van der Waals surface area contributed by atoms with E-state index in [1.54, 1.807) is 38.2 Å². The number of hydrogen-bond acceptors (Lipinski definition) is 9. The molecule has 1 saturated carbocycles. The molecule has 3 heterocycles. The number of rotatable bonds is 6. The van der Waals surface area contributed by atoms with Crippen LogP contribution in [0.15, 0.2) is 36.7 Å². The summed E-state index contributed by atoms with van der Waals surface area (Å²) >= 11 is 6.06. The van der Waals surface area contributed by atoms with Crippen LogP contribution in [-0.4, -0.2) is 42.7 Å². The largest absolute Gasteiger partial charge is 0.441 e. The molecule has 35 heavy (non-hydrogen) atoms. The van der Waals surface area contributed by atoms with Gasteiger partial charge in [-0.15, -0.1) is 5.10 Å². The van der Waals surface area contributed by atoms with Crippen molar-refractivity contribution in [2.45, 2.75) is 25.9 Å². The first-order valence-corrected chi connectivity index (χ1v) is 10.8. The number of carbonyl (C=O) groups excluding carboxylic acids is 3. The highest BCUT2D eigenvalue weighted by Crippen LogP contribution is 2.38. The number of amides is 2. The maximum absolute atomic E-state index is 12.5. The molecule has 2 N–H and O–H groups in total. The molecule has 12 nitrogen and oxygen atoms in total. The van der Waals surface area contributed by atoms with E-state index in [4.69, 9.17) is 16.3 Å². The number of hydrogen-bond donors (Lipinski definition) is 2. The monoisotopic (exact) mass is 494 g/mol. The Labute approximate surface area is 204 Å². The Bertz CT molecular complexity index is 1340. The molecule has 3 aromatic rings. The van der Waals surface area contributed by atoms with Gasteiger partial charge in [0.2, 0.25) is 5.91 Å². The minimum atomic E-state index is -1.34. The Morgan fingerprint density at radius 3 is 2.66 bits per heavy atom. The molecule has 2 amide bonds. The van der Waals surface area contributed by atoms with Crippen molar-refractivity contribution in [1.29, 1.82) is 5.26 Å². The second-order valence-electron chi connectivity index (χ2n) is 7.94. The SMILES string of the molecule is C[C@@H](OC(=O)Nc1c(-c2ccc(NC(=O)C3(C#N)CC(=O)C3)cn2)nnn1C)c1cccnc1Cl. The van der Waals surface area contributed by atoms with E-state index in [1.165, 1.54) is 17.1 Å². The average Bonchev–Trinajstić information content (AvgIpc) is 3.17. The molecule has 3 aromatic heterocycles. The summed E-state index contributed by atoms with van der Waals surface area (Å²) in [6.45, 7) is 1.66. The number of halogens is 1. The first-order chi connectivity index (χ1) is 16.7. The zero-order valence-corrected chi connectivity index (χ0v) is 19.4. The number of aromatic nitrogens is 5. The highest BCUT2D eigenvalue weighted by atomic mass is 35.5. The fraction of sp³-hybridized carbons (Fsp3) is 0.273. The molecule has 0 aromatic carbocycles. The number of carbonyl (C=O) groups is 3. The summed E-state index contributed by atoms with van der Waals surface area (Å²) in [4.78, 5) is 44.5. The minimum Gasteiger partial charge on any atom is -0.441 e. The van der Waals surface area contributed by atoms with E-state index in [0.29, 0.717) is 16.9 Å². The van der Waals surface area contributed by atoms with Gasteiger partial charge < -0.3 is 10.1 Å². The molecule has 4 rings (SSSR count). The third-order valence-electron chi connectivity index (χ3n) is 5.47. The van der Waals surface area contributed by atoms with Crippen LogP contribution < -0.4 is 10.6 Å². The van der Waals surface area contributed by atoms with Crippen molar-refractivity contribution < 1.29 is 19.1 Å². The molecule has 0 spiro atoms. The first-order valence-electron chi connectivity index (χ1n) is 10.4. The molecule has 0 unspecified atom stereocenters. The normalized spacial score (nSPS) is 14.9. The smallest absolute Gasteiger partial charge is 0.413 e. The summed E-state index contributed by atoms with van der Waals surface area (Å²) in [5.41, 5.74) is 0.190. The Hall–Kier alpha value is -4.37. The lowest BCUT2D eigenvalue weighted by Crippen LogP contribution is -2.46. The molecule has 13 heteroatoms. The second kappa shape index (κ2) is 9.47. The van der Waals surface area contributed by atoms with Crippen LogP contribution in [0.1, 0.15) is 31.4 Å². The summed E-state index contributed by atoms with van der Waals surface area (Å²) in [6.07, 6.45) is 1.29. The van der Waals surface area contributed by atoms with Gasteiger partial charge in [-0.25, -0.2) is 14.5 Å². The van der Waals surface area contributed by atoms with Crippen molar-refractivity contribution in [3.05, 3.63) is 47.4 Å². The lowest BCUT2D eigenvalue weighted by Gasteiger charge is -2.31. The van der Waals surface area contributed by atoms with Crippen LogP contribution >= 0.6 is 11.6 Å². The number of nitriles is 1. The zero-order valence-electron chi connectivity index (χ0n) is 18.6. The molecule has 1 fully saturated rings. The first kappa shape index (κ1) is 23.8. The number of nitrogens with zero attached hydrogens (tertiary/aromatic N) is 6. The van der Waals surface area contributed by atoms with Gasteiger partial charge in [-0.2, -0.15) is 5.26 Å².